The normalized spacial score (nSPS) is 11.2. The second-order valence-electron chi connectivity index (χ2n) is 6.32. The van der Waals surface area contributed by atoms with Crippen LogP contribution in [0.15, 0.2) is 35.1 Å². The number of furan rings is 1. The van der Waals surface area contributed by atoms with Crippen molar-refractivity contribution in [1.82, 2.24) is 19.7 Å². The van der Waals surface area contributed by atoms with Gasteiger partial charge in [-0.3, -0.25) is 9.59 Å². The highest BCUT2D eigenvalue weighted by atomic mass is 16.4. The maximum Gasteiger partial charge on any atom is 0.305 e. The summed E-state index contributed by atoms with van der Waals surface area (Å²) < 4.78 is 7.17. The minimum Gasteiger partial charge on any atom is -0.481 e. The quantitative estimate of drug-likeness (QED) is 0.729. The molecule has 0 fully saturated rings. The summed E-state index contributed by atoms with van der Waals surface area (Å²) in [5.74, 6) is -0.686. The van der Waals surface area contributed by atoms with E-state index in [0.29, 0.717) is 28.1 Å². The number of carboxylic acids is 1. The van der Waals surface area contributed by atoms with Gasteiger partial charge < -0.3 is 14.4 Å². The summed E-state index contributed by atoms with van der Waals surface area (Å²) in [5, 5.41) is 13.8. The minimum atomic E-state index is -0.951. The number of hydrogen-bond acceptors (Lipinski definition) is 5. The Morgan fingerprint density at radius 1 is 1.38 bits per heavy atom. The molecule has 0 saturated carbocycles. The van der Waals surface area contributed by atoms with E-state index < -0.39 is 5.97 Å². The highest BCUT2D eigenvalue weighted by molar-refractivity contribution is 6.06. The third kappa shape index (κ3) is 3.30. The molecule has 0 aliphatic heterocycles. The third-order valence-corrected chi connectivity index (χ3v) is 4.07. The summed E-state index contributed by atoms with van der Waals surface area (Å²) >= 11 is 0. The Kier molecular flexibility index (Phi) is 4.75. The van der Waals surface area contributed by atoms with Crippen LogP contribution in [0, 0.1) is 0 Å². The molecule has 0 aliphatic rings. The van der Waals surface area contributed by atoms with Crippen LogP contribution in [0.25, 0.3) is 22.5 Å². The molecule has 0 spiro atoms. The number of aromatic nitrogens is 3. The first kappa shape index (κ1) is 17.7. The number of nitrogens with zero attached hydrogens (tertiary/aromatic N) is 4. The molecule has 8 heteroatoms. The summed E-state index contributed by atoms with van der Waals surface area (Å²) in [4.78, 5) is 29.7. The first-order valence-corrected chi connectivity index (χ1v) is 8.28. The number of amides is 1. The molecule has 3 aromatic heterocycles. The van der Waals surface area contributed by atoms with E-state index in [0.717, 1.165) is 0 Å². The van der Waals surface area contributed by atoms with Crippen molar-refractivity contribution in [3.63, 3.8) is 0 Å². The van der Waals surface area contributed by atoms with E-state index in [-0.39, 0.29) is 24.9 Å². The smallest absolute Gasteiger partial charge is 0.305 e. The van der Waals surface area contributed by atoms with Gasteiger partial charge in [0, 0.05) is 19.6 Å². The lowest BCUT2D eigenvalue weighted by Crippen LogP contribution is -2.29. The van der Waals surface area contributed by atoms with Crippen molar-refractivity contribution in [2.75, 3.05) is 13.6 Å². The summed E-state index contributed by atoms with van der Waals surface area (Å²) in [7, 11) is 1.58. The van der Waals surface area contributed by atoms with Gasteiger partial charge in [-0.15, -0.1) is 0 Å². The van der Waals surface area contributed by atoms with Crippen molar-refractivity contribution in [2.45, 2.75) is 26.3 Å². The second-order valence-corrected chi connectivity index (χ2v) is 6.32. The number of rotatable bonds is 6. The molecule has 0 unspecified atom stereocenters. The lowest BCUT2D eigenvalue weighted by Gasteiger charge is -2.17. The van der Waals surface area contributed by atoms with E-state index in [2.05, 4.69) is 10.1 Å². The molecular formula is C18H20N4O4. The fourth-order valence-electron chi connectivity index (χ4n) is 2.69. The molecular weight excluding hydrogens is 336 g/mol. The van der Waals surface area contributed by atoms with Gasteiger partial charge >= 0.3 is 5.97 Å². The Morgan fingerprint density at radius 2 is 2.15 bits per heavy atom. The lowest BCUT2D eigenvalue weighted by molar-refractivity contribution is -0.137. The van der Waals surface area contributed by atoms with Crippen LogP contribution in [0.4, 0.5) is 0 Å². The van der Waals surface area contributed by atoms with Gasteiger partial charge in [0.2, 0.25) is 0 Å². The molecule has 1 N–H and O–H groups in total. The van der Waals surface area contributed by atoms with Crippen molar-refractivity contribution in [3.8, 4) is 11.5 Å². The van der Waals surface area contributed by atoms with Crippen molar-refractivity contribution in [1.29, 1.82) is 0 Å². The molecule has 0 atom stereocenters. The zero-order chi connectivity index (χ0) is 18.8. The number of aliphatic carboxylic acids is 1. The average Bonchev–Trinajstić information content (AvgIpc) is 3.27. The van der Waals surface area contributed by atoms with Crippen molar-refractivity contribution in [2.24, 2.45) is 0 Å². The van der Waals surface area contributed by atoms with Gasteiger partial charge in [0.1, 0.15) is 5.69 Å². The number of fused-ring (bicyclic) bond motifs is 1. The van der Waals surface area contributed by atoms with Gasteiger partial charge in [0.25, 0.3) is 5.91 Å². The molecule has 0 aliphatic carbocycles. The van der Waals surface area contributed by atoms with Gasteiger partial charge in [-0.05, 0) is 32.0 Å². The lowest BCUT2D eigenvalue weighted by atomic mass is 10.1. The molecule has 0 radical (unpaired) electrons. The fourth-order valence-corrected chi connectivity index (χ4v) is 2.69. The van der Waals surface area contributed by atoms with E-state index in [1.807, 2.05) is 13.8 Å². The van der Waals surface area contributed by atoms with E-state index in [1.165, 1.54) is 4.90 Å². The molecule has 3 rings (SSSR count). The van der Waals surface area contributed by atoms with E-state index >= 15 is 0 Å². The number of pyridine rings is 1. The van der Waals surface area contributed by atoms with Gasteiger partial charge in [-0.25, -0.2) is 9.67 Å². The Bertz CT molecular complexity index is 944. The molecule has 3 heterocycles. The predicted molar refractivity (Wildman–Crippen MR) is 94.8 cm³/mol. The van der Waals surface area contributed by atoms with E-state index in [4.69, 9.17) is 9.52 Å². The van der Waals surface area contributed by atoms with Crippen LogP contribution in [0.2, 0.25) is 0 Å². The van der Waals surface area contributed by atoms with Gasteiger partial charge in [0.05, 0.1) is 29.8 Å². The maximum atomic E-state index is 12.9. The Hall–Kier alpha value is -3.16. The Morgan fingerprint density at radius 3 is 2.77 bits per heavy atom. The SMILES string of the molecule is CC(C)n1ncc2c(C(=O)N(C)CCC(=O)O)cc(-c3ccco3)nc21. The molecule has 26 heavy (non-hydrogen) atoms. The highest BCUT2D eigenvalue weighted by Crippen LogP contribution is 2.27. The molecule has 0 saturated heterocycles. The number of carboxylic acid groups (broad SMARTS) is 1. The van der Waals surface area contributed by atoms with Crippen LogP contribution in [0.5, 0.6) is 0 Å². The van der Waals surface area contributed by atoms with Crippen LogP contribution < -0.4 is 0 Å². The summed E-state index contributed by atoms with van der Waals surface area (Å²) in [6, 6.07) is 5.25. The van der Waals surface area contributed by atoms with Gasteiger partial charge in [0.15, 0.2) is 11.4 Å². The molecule has 3 aromatic rings. The van der Waals surface area contributed by atoms with Crippen LogP contribution in [-0.2, 0) is 4.79 Å². The fraction of sp³-hybridized carbons (Fsp3) is 0.333. The third-order valence-electron chi connectivity index (χ3n) is 4.07. The van der Waals surface area contributed by atoms with Crippen molar-refractivity contribution < 1.29 is 19.1 Å². The van der Waals surface area contributed by atoms with Crippen molar-refractivity contribution >= 4 is 22.9 Å². The van der Waals surface area contributed by atoms with E-state index in [1.54, 1.807) is 42.4 Å². The zero-order valence-corrected chi connectivity index (χ0v) is 14.8. The van der Waals surface area contributed by atoms with Crippen LogP contribution in [-0.4, -0.2) is 50.2 Å². The van der Waals surface area contributed by atoms with Crippen LogP contribution in [0.3, 0.4) is 0 Å². The van der Waals surface area contributed by atoms with Crippen molar-refractivity contribution in [3.05, 3.63) is 36.2 Å². The Balaban J connectivity index is 2.11. The molecule has 136 valence electrons. The first-order chi connectivity index (χ1) is 12.4. The largest absolute Gasteiger partial charge is 0.481 e. The standard InChI is InChI=1S/C18H20N4O4/c1-11(2)22-17-13(10-19-22)12(18(25)21(3)7-6-16(23)24)9-14(20-17)15-5-4-8-26-15/h4-5,8-11H,6-7H2,1-3H3,(H,23,24). The average molecular weight is 356 g/mol. The molecule has 1 amide bonds. The van der Waals surface area contributed by atoms with E-state index in [9.17, 15) is 9.59 Å². The predicted octanol–water partition coefficient (Wildman–Crippen LogP) is 2.82. The van der Waals surface area contributed by atoms with Gasteiger partial charge in [-0.1, -0.05) is 0 Å². The summed E-state index contributed by atoms with van der Waals surface area (Å²) in [5.41, 5.74) is 1.53. The second kappa shape index (κ2) is 6.99. The summed E-state index contributed by atoms with van der Waals surface area (Å²) in [6.45, 7) is 4.08. The summed E-state index contributed by atoms with van der Waals surface area (Å²) in [6.07, 6.45) is 3.04. The minimum absolute atomic E-state index is 0.0690. The molecule has 0 aromatic carbocycles. The highest BCUT2D eigenvalue weighted by Gasteiger charge is 2.21. The molecule has 8 nitrogen and oxygen atoms in total. The topological polar surface area (TPSA) is 101 Å². The van der Waals surface area contributed by atoms with Crippen LogP contribution in [0.1, 0.15) is 36.7 Å². The zero-order valence-electron chi connectivity index (χ0n) is 14.8. The number of carbonyl (C=O) groups excluding carboxylic acids is 1. The van der Waals surface area contributed by atoms with Gasteiger partial charge in [-0.2, -0.15) is 5.10 Å². The first-order valence-electron chi connectivity index (χ1n) is 8.28. The van der Waals surface area contributed by atoms with Crippen LogP contribution >= 0.6 is 0 Å². The number of carbonyl (C=O) groups is 2. The number of hydrogen-bond donors (Lipinski definition) is 1. The Labute approximate surface area is 150 Å². The maximum absolute atomic E-state index is 12.9. The monoisotopic (exact) mass is 356 g/mol. The molecule has 0 bridgehead atoms.